The Labute approximate surface area is 258 Å². The molecule has 1 fully saturated rings. The van der Waals surface area contributed by atoms with Gasteiger partial charge in [0.25, 0.3) is 5.56 Å². The van der Waals surface area contributed by atoms with E-state index in [0.717, 1.165) is 16.7 Å². The molecule has 0 radical (unpaired) electrons. The lowest BCUT2D eigenvalue weighted by Crippen LogP contribution is -2.38. The van der Waals surface area contributed by atoms with Crippen LogP contribution in [0, 0.1) is 0 Å². The van der Waals surface area contributed by atoms with Crippen molar-refractivity contribution in [1.82, 2.24) is 9.55 Å². The summed E-state index contributed by atoms with van der Waals surface area (Å²) in [5, 5.41) is 11.8. The topological polar surface area (TPSA) is 112 Å². The highest BCUT2D eigenvalue weighted by Gasteiger charge is 2.42. The van der Waals surface area contributed by atoms with Crippen LogP contribution >= 0.6 is 11.6 Å². The Morgan fingerprint density at radius 2 is 1.48 bits per heavy atom. The molecule has 3 atom stereocenters. The van der Waals surface area contributed by atoms with Gasteiger partial charge >= 0.3 is 5.69 Å². The van der Waals surface area contributed by atoms with Gasteiger partial charge in [-0.1, -0.05) is 66.2 Å². The fraction of sp³-hybridized carbons (Fsp3) is 0.235. The van der Waals surface area contributed by atoms with Gasteiger partial charge in [0.1, 0.15) is 29.4 Å². The zero-order valence-electron chi connectivity index (χ0n) is 24.1. The van der Waals surface area contributed by atoms with Crippen molar-refractivity contribution in [2.24, 2.45) is 0 Å². The summed E-state index contributed by atoms with van der Waals surface area (Å²) in [4.78, 5) is 27.8. The second-order valence-corrected chi connectivity index (χ2v) is 11.0. The molecule has 2 heterocycles. The molecule has 226 valence electrons. The summed E-state index contributed by atoms with van der Waals surface area (Å²) in [6.07, 6.45) is -2.52. The Kier molecular flexibility index (Phi) is 8.29. The Morgan fingerprint density at radius 3 is 2.07 bits per heavy atom. The van der Waals surface area contributed by atoms with Crippen LogP contribution in [0.15, 0.2) is 107 Å². The van der Waals surface area contributed by atoms with E-state index in [1.54, 1.807) is 32.4 Å². The molecule has 10 heteroatoms. The number of H-pyrrole nitrogens is 1. The summed E-state index contributed by atoms with van der Waals surface area (Å²) < 4.78 is 25.3. The summed E-state index contributed by atoms with van der Waals surface area (Å²) in [6, 6.07) is 29.7. The van der Waals surface area contributed by atoms with Crippen LogP contribution in [0.2, 0.25) is 5.02 Å². The largest absolute Gasteiger partial charge is 0.497 e. The highest BCUT2D eigenvalue weighted by atomic mass is 35.5. The summed E-state index contributed by atoms with van der Waals surface area (Å²) >= 11 is 6.22. The number of nitrogens with one attached hydrogen (secondary N) is 1. The summed E-state index contributed by atoms with van der Waals surface area (Å²) in [6.45, 7) is -0.0264. The standard InChI is InChI=1S/C34H31ClN2O7/c1-41-25-13-8-22(9-14-25)34(21-6-4-3-5-7-21,23-10-15-26(42-2)16-11-23)43-20-30-29(38)19-31(44-30)37-28-18-24(35)12-17-27(28)32(39)36-33(37)40/h3-18,29-31,38H,19-20H2,1-2H3,(H,36,39,40)/t29-,30+,31+/m0/s1. The molecule has 2 N–H and O–H groups in total. The van der Waals surface area contributed by atoms with Crippen molar-refractivity contribution in [1.29, 1.82) is 0 Å². The lowest BCUT2D eigenvalue weighted by atomic mass is 9.80. The van der Waals surface area contributed by atoms with Crippen LogP contribution in [0.4, 0.5) is 0 Å². The van der Waals surface area contributed by atoms with Crippen LogP contribution < -0.4 is 20.7 Å². The minimum absolute atomic E-state index is 0.0264. The van der Waals surface area contributed by atoms with Gasteiger partial charge in [0.15, 0.2) is 0 Å². The molecule has 5 aromatic rings. The van der Waals surface area contributed by atoms with Crippen LogP contribution in [-0.4, -0.2) is 47.7 Å². The number of hydrogen-bond donors (Lipinski definition) is 2. The van der Waals surface area contributed by atoms with Gasteiger partial charge in [0.2, 0.25) is 0 Å². The SMILES string of the molecule is COc1ccc(C(OC[C@H]2O[C@@H](n3c(=O)[nH]c(=O)c4ccc(Cl)cc43)C[C@@H]2O)(c2ccccc2)c2ccc(OC)cc2)cc1. The second kappa shape index (κ2) is 12.3. The van der Waals surface area contributed by atoms with Gasteiger partial charge in [-0.05, 0) is 59.2 Å². The molecule has 9 nitrogen and oxygen atoms in total. The molecule has 1 saturated heterocycles. The number of aromatic amines is 1. The number of ether oxygens (including phenoxy) is 4. The van der Waals surface area contributed by atoms with Crippen molar-refractivity contribution < 1.29 is 24.1 Å². The smallest absolute Gasteiger partial charge is 0.330 e. The first kappa shape index (κ1) is 29.7. The number of aliphatic hydroxyl groups is 1. The van der Waals surface area contributed by atoms with E-state index in [2.05, 4.69) is 4.98 Å². The monoisotopic (exact) mass is 614 g/mol. The van der Waals surface area contributed by atoms with Crippen molar-refractivity contribution in [2.45, 2.75) is 30.5 Å². The van der Waals surface area contributed by atoms with E-state index >= 15 is 0 Å². The minimum atomic E-state index is -1.12. The van der Waals surface area contributed by atoms with E-state index in [-0.39, 0.29) is 18.4 Å². The van der Waals surface area contributed by atoms with E-state index < -0.39 is 35.3 Å². The zero-order valence-corrected chi connectivity index (χ0v) is 24.9. The summed E-state index contributed by atoms with van der Waals surface area (Å²) in [5.41, 5.74) is 0.543. The third-order valence-corrected chi connectivity index (χ3v) is 8.27. The summed E-state index contributed by atoms with van der Waals surface area (Å²) in [5.74, 6) is 1.39. The molecule has 0 aliphatic carbocycles. The van der Waals surface area contributed by atoms with Gasteiger partial charge < -0.3 is 24.1 Å². The molecule has 4 aromatic carbocycles. The average molecular weight is 615 g/mol. The number of rotatable bonds is 9. The number of aromatic nitrogens is 2. The van der Waals surface area contributed by atoms with Gasteiger partial charge in [0.05, 0.1) is 37.8 Å². The number of benzene rings is 4. The molecule has 44 heavy (non-hydrogen) atoms. The third-order valence-electron chi connectivity index (χ3n) is 8.03. The lowest BCUT2D eigenvalue weighted by Gasteiger charge is -2.37. The zero-order chi connectivity index (χ0) is 30.8. The maximum absolute atomic E-state index is 13.0. The van der Waals surface area contributed by atoms with Crippen LogP contribution in [0.3, 0.4) is 0 Å². The van der Waals surface area contributed by atoms with Crippen LogP contribution in [0.1, 0.15) is 29.3 Å². The Morgan fingerprint density at radius 1 is 0.886 bits per heavy atom. The first-order valence-electron chi connectivity index (χ1n) is 14.1. The molecule has 0 saturated carbocycles. The summed E-state index contributed by atoms with van der Waals surface area (Å²) in [7, 11) is 3.22. The maximum Gasteiger partial charge on any atom is 0.330 e. The first-order chi connectivity index (χ1) is 21.3. The maximum atomic E-state index is 13.0. The second-order valence-electron chi connectivity index (χ2n) is 10.5. The van der Waals surface area contributed by atoms with Crippen molar-refractivity contribution in [3.05, 3.63) is 140 Å². The van der Waals surface area contributed by atoms with Gasteiger partial charge in [-0.15, -0.1) is 0 Å². The molecule has 6 rings (SSSR count). The third kappa shape index (κ3) is 5.39. The average Bonchev–Trinajstić information content (AvgIpc) is 3.41. The normalized spacial score (nSPS) is 18.4. The molecule has 1 aliphatic rings. The molecule has 0 bridgehead atoms. The number of nitrogens with zero attached hydrogens (tertiary/aromatic N) is 1. The van der Waals surface area contributed by atoms with E-state index in [4.69, 9.17) is 30.5 Å². The highest BCUT2D eigenvalue weighted by Crippen LogP contribution is 2.43. The molecule has 0 amide bonds. The lowest BCUT2D eigenvalue weighted by molar-refractivity contribution is -0.0936. The minimum Gasteiger partial charge on any atom is -0.497 e. The quantitative estimate of drug-likeness (QED) is 0.224. The van der Waals surface area contributed by atoms with Crippen molar-refractivity contribution in [2.75, 3.05) is 20.8 Å². The van der Waals surface area contributed by atoms with Crippen molar-refractivity contribution >= 4 is 22.5 Å². The van der Waals surface area contributed by atoms with Crippen LogP contribution in [-0.2, 0) is 15.1 Å². The van der Waals surface area contributed by atoms with Gasteiger partial charge in [-0.25, -0.2) is 4.79 Å². The van der Waals surface area contributed by atoms with E-state index in [1.165, 1.54) is 4.57 Å². The van der Waals surface area contributed by atoms with Gasteiger partial charge in [0, 0.05) is 11.4 Å². The van der Waals surface area contributed by atoms with Crippen LogP contribution in [0.25, 0.3) is 10.9 Å². The molecule has 1 aromatic heterocycles. The molecular formula is C34H31ClN2O7. The van der Waals surface area contributed by atoms with Crippen LogP contribution in [0.5, 0.6) is 11.5 Å². The van der Waals surface area contributed by atoms with Gasteiger partial charge in [-0.3, -0.25) is 14.3 Å². The number of methoxy groups -OCH3 is 2. The molecular weight excluding hydrogens is 584 g/mol. The fourth-order valence-electron chi connectivity index (χ4n) is 5.82. The van der Waals surface area contributed by atoms with E-state index in [9.17, 15) is 14.7 Å². The Bertz CT molecular complexity index is 1820. The Hall–Kier alpha value is -4.41. The molecule has 0 spiro atoms. The number of fused-ring (bicyclic) bond motifs is 1. The van der Waals surface area contributed by atoms with Gasteiger partial charge in [-0.2, -0.15) is 0 Å². The Balaban J connectivity index is 1.40. The van der Waals surface area contributed by atoms with Crippen molar-refractivity contribution in [3.8, 4) is 11.5 Å². The fourth-order valence-corrected chi connectivity index (χ4v) is 5.99. The van der Waals surface area contributed by atoms with Crippen molar-refractivity contribution in [3.63, 3.8) is 0 Å². The van der Waals surface area contributed by atoms with E-state index in [0.29, 0.717) is 22.0 Å². The number of hydrogen-bond acceptors (Lipinski definition) is 7. The predicted molar refractivity (Wildman–Crippen MR) is 167 cm³/mol. The molecule has 1 aliphatic heterocycles. The first-order valence-corrected chi connectivity index (χ1v) is 14.5. The van der Waals surface area contributed by atoms with E-state index in [1.807, 2.05) is 78.9 Å². The highest BCUT2D eigenvalue weighted by molar-refractivity contribution is 6.31. The number of aliphatic hydroxyl groups excluding tert-OH is 1. The molecule has 0 unspecified atom stereocenters. The number of halogens is 1. The predicted octanol–water partition coefficient (Wildman–Crippen LogP) is 5.02.